The van der Waals surface area contributed by atoms with Crippen molar-refractivity contribution in [3.63, 3.8) is 0 Å². The van der Waals surface area contributed by atoms with Crippen molar-refractivity contribution in [2.75, 3.05) is 6.54 Å². The van der Waals surface area contributed by atoms with E-state index in [-0.39, 0.29) is 6.42 Å². The quantitative estimate of drug-likeness (QED) is 0.715. The molecule has 96 valence electrons. The van der Waals surface area contributed by atoms with Crippen LogP contribution in [0.4, 0.5) is 13.2 Å². The smallest absolute Gasteiger partial charge is 0.314 e. The number of nitrogens with one attached hydrogen (secondary N) is 1. The highest BCUT2D eigenvalue weighted by Gasteiger charge is 2.26. The molecule has 1 nitrogen and oxygen atoms in total. The molecule has 0 aromatic carbocycles. The Balaban J connectivity index is 2.07. The van der Waals surface area contributed by atoms with Crippen molar-refractivity contribution in [1.82, 2.24) is 5.32 Å². The van der Waals surface area contributed by atoms with Gasteiger partial charge in [0, 0.05) is 12.5 Å². The Morgan fingerprint density at radius 3 is 2.38 bits per heavy atom. The van der Waals surface area contributed by atoms with Gasteiger partial charge in [0.2, 0.25) is 0 Å². The van der Waals surface area contributed by atoms with Gasteiger partial charge < -0.3 is 5.32 Å². The first kappa shape index (κ1) is 13.8. The van der Waals surface area contributed by atoms with Crippen LogP contribution in [0.5, 0.6) is 0 Å². The van der Waals surface area contributed by atoms with Crippen LogP contribution in [0, 0.1) is 5.92 Å². The normalized spacial score (nSPS) is 21.0. The predicted octanol–water partition coefficient (Wildman–Crippen LogP) is 3.89. The standard InChI is InChI=1S/C12H22F3N/c1-10(11-6-3-2-4-7-11)16-9-5-8-12(13,14)15/h10-11,16H,2-9H2,1H3/t10-/m1/s1. The third kappa shape index (κ3) is 5.73. The van der Waals surface area contributed by atoms with Crippen molar-refractivity contribution in [3.05, 3.63) is 0 Å². The van der Waals surface area contributed by atoms with Gasteiger partial charge in [-0.25, -0.2) is 0 Å². The maximum atomic E-state index is 11.9. The van der Waals surface area contributed by atoms with Gasteiger partial charge in [-0.2, -0.15) is 13.2 Å². The van der Waals surface area contributed by atoms with E-state index < -0.39 is 12.6 Å². The van der Waals surface area contributed by atoms with Crippen LogP contribution in [-0.4, -0.2) is 18.8 Å². The molecule has 1 atom stereocenters. The number of halogens is 3. The summed E-state index contributed by atoms with van der Waals surface area (Å²) in [4.78, 5) is 0. The summed E-state index contributed by atoms with van der Waals surface area (Å²) in [6.07, 6.45) is 1.85. The van der Waals surface area contributed by atoms with Crippen LogP contribution < -0.4 is 5.32 Å². The van der Waals surface area contributed by atoms with Gasteiger partial charge in [0.05, 0.1) is 0 Å². The van der Waals surface area contributed by atoms with Gasteiger partial charge in [0.15, 0.2) is 0 Å². The van der Waals surface area contributed by atoms with Crippen molar-refractivity contribution in [2.24, 2.45) is 5.92 Å². The molecule has 0 aromatic rings. The van der Waals surface area contributed by atoms with Gasteiger partial charge >= 0.3 is 6.18 Å². The molecule has 4 heteroatoms. The summed E-state index contributed by atoms with van der Waals surface area (Å²) in [5.41, 5.74) is 0. The lowest BCUT2D eigenvalue weighted by atomic mass is 9.84. The first-order valence-electron chi connectivity index (χ1n) is 6.29. The zero-order chi connectivity index (χ0) is 12.0. The SMILES string of the molecule is C[C@@H](NCCCC(F)(F)F)C1CCCCC1. The van der Waals surface area contributed by atoms with E-state index >= 15 is 0 Å². The van der Waals surface area contributed by atoms with Crippen LogP contribution in [-0.2, 0) is 0 Å². The fourth-order valence-electron chi connectivity index (χ4n) is 2.42. The minimum Gasteiger partial charge on any atom is -0.314 e. The second-order valence-electron chi connectivity index (χ2n) is 4.86. The van der Waals surface area contributed by atoms with E-state index in [1.54, 1.807) is 0 Å². The molecule has 1 aliphatic rings. The van der Waals surface area contributed by atoms with Gasteiger partial charge in [-0.05, 0) is 38.6 Å². The third-order valence-electron chi connectivity index (χ3n) is 3.46. The lowest BCUT2D eigenvalue weighted by Gasteiger charge is -2.28. The Bertz CT molecular complexity index is 185. The largest absolute Gasteiger partial charge is 0.389 e. The van der Waals surface area contributed by atoms with Crippen LogP contribution in [0.3, 0.4) is 0 Å². The lowest BCUT2D eigenvalue weighted by molar-refractivity contribution is -0.135. The zero-order valence-electron chi connectivity index (χ0n) is 9.95. The van der Waals surface area contributed by atoms with Crippen molar-refractivity contribution >= 4 is 0 Å². The summed E-state index contributed by atoms with van der Waals surface area (Å²) >= 11 is 0. The molecule has 0 aliphatic heterocycles. The molecule has 1 saturated carbocycles. The van der Waals surface area contributed by atoms with E-state index in [4.69, 9.17) is 0 Å². The van der Waals surface area contributed by atoms with E-state index in [0.717, 1.165) is 0 Å². The van der Waals surface area contributed by atoms with Crippen molar-refractivity contribution in [1.29, 1.82) is 0 Å². The summed E-state index contributed by atoms with van der Waals surface area (Å²) in [6, 6.07) is 0.369. The average Bonchev–Trinajstić information content (AvgIpc) is 2.24. The molecule has 0 saturated heterocycles. The highest BCUT2D eigenvalue weighted by molar-refractivity contribution is 4.75. The minimum atomic E-state index is -4.00. The molecule has 1 fully saturated rings. The first-order chi connectivity index (χ1) is 7.49. The molecular formula is C12H22F3N. The van der Waals surface area contributed by atoms with Crippen LogP contribution in [0.2, 0.25) is 0 Å². The van der Waals surface area contributed by atoms with Crippen molar-refractivity contribution in [2.45, 2.75) is 64.1 Å². The van der Waals surface area contributed by atoms with E-state index in [0.29, 0.717) is 18.5 Å². The Labute approximate surface area is 95.8 Å². The summed E-state index contributed by atoms with van der Waals surface area (Å²) in [7, 11) is 0. The molecule has 0 heterocycles. The Hall–Kier alpha value is -0.250. The van der Waals surface area contributed by atoms with E-state index in [2.05, 4.69) is 12.2 Å². The van der Waals surface area contributed by atoms with Gasteiger partial charge in [0.1, 0.15) is 0 Å². The van der Waals surface area contributed by atoms with E-state index in [1.807, 2.05) is 0 Å². The molecule has 0 amide bonds. The second kappa shape index (κ2) is 6.48. The van der Waals surface area contributed by atoms with Gasteiger partial charge in [-0.15, -0.1) is 0 Å². The van der Waals surface area contributed by atoms with Crippen molar-refractivity contribution < 1.29 is 13.2 Å². The lowest BCUT2D eigenvalue weighted by Crippen LogP contribution is -2.35. The second-order valence-corrected chi connectivity index (χ2v) is 4.86. The molecule has 0 spiro atoms. The summed E-state index contributed by atoms with van der Waals surface area (Å²) in [5, 5.41) is 3.22. The van der Waals surface area contributed by atoms with Crippen LogP contribution in [0.25, 0.3) is 0 Å². The minimum absolute atomic E-state index is 0.195. The van der Waals surface area contributed by atoms with Crippen LogP contribution in [0.1, 0.15) is 51.9 Å². The number of rotatable bonds is 5. The van der Waals surface area contributed by atoms with Gasteiger partial charge in [-0.3, -0.25) is 0 Å². The molecule has 1 aliphatic carbocycles. The highest BCUT2D eigenvalue weighted by Crippen LogP contribution is 2.26. The van der Waals surface area contributed by atoms with E-state index in [9.17, 15) is 13.2 Å². The third-order valence-corrected chi connectivity index (χ3v) is 3.46. The topological polar surface area (TPSA) is 12.0 Å². The molecule has 1 rings (SSSR count). The van der Waals surface area contributed by atoms with Crippen LogP contribution in [0.15, 0.2) is 0 Å². The van der Waals surface area contributed by atoms with Gasteiger partial charge in [0.25, 0.3) is 0 Å². The highest BCUT2D eigenvalue weighted by atomic mass is 19.4. The Kier molecular flexibility index (Phi) is 5.59. The zero-order valence-corrected chi connectivity index (χ0v) is 9.95. The molecule has 0 unspecified atom stereocenters. The molecule has 0 aromatic heterocycles. The number of hydrogen-bond donors (Lipinski definition) is 1. The summed E-state index contributed by atoms with van der Waals surface area (Å²) in [6.45, 7) is 2.58. The van der Waals surface area contributed by atoms with Crippen LogP contribution >= 0.6 is 0 Å². The predicted molar refractivity (Wildman–Crippen MR) is 59.3 cm³/mol. The fraction of sp³-hybridized carbons (Fsp3) is 1.00. The maximum absolute atomic E-state index is 11.9. The number of alkyl halides is 3. The Morgan fingerprint density at radius 2 is 1.81 bits per heavy atom. The van der Waals surface area contributed by atoms with Crippen molar-refractivity contribution in [3.8, 4) is 0 Å². The summed E-state index contributed by atoms with van der Waals surface area (Å²) < 4.78 is 35.7. The first-order valence-corrected chi connectivity index (χ1v) is 6.29. The average molecular weight is 237 g/mol. The molecular weight excluding hydrogens is 215 g/mol. The molecule has 16 heavy (non-hydrogen) atoms. The molecule has 0 radical (unpaired) electrons. The maximum Gasteiger partial charge on any atom is 0.389 e. The Morgan fingerprint density at radius 1 is 1.19 bits per heavy atom. The molecule has 0 bridgehead atoms. The fourth-order valence-corrected chi connectivity index (χ4v) is 2.42. The number of hydrogen-bond acceptors (Lipinski definition) is 1. The summed E-state index contributed by atoms with van der Waals surface area (Å²) in [5.74, 6) is 0.666. The molecule has 1 N–H and O–H groups in total. The monoisotopic (exact) mass is 237 g/mol. The van der Waals surface area contributed by atoms with Gasteiger partial charge in [-0.1, -0.05) is 19.3 Å². The van der Waals surface area contributed by atoms with E-state index in [1.165, 1.54) is 32.1 Å².